The van der Waals surface area contributed by atoms with Gasteiger partial charge in [0.2, 0.25) is 0 Å². The van der Waals surface area contributed by atoms with Crippen molar-refractivity contribution in [3.8, 4) is 0 Å². The lowest BCUT2D eigenvalue weighted by Crippen LogP contribution is -2.47. The molecule has 132 valence electrons. The van der Waals surface area contributed by atoms with Crippen molar-refractivity contribution >= 4 is 11.9 Å². The van der Waals surface area contributed by atoms with Crippen molar-refractivity contribution in [1.29, 1.82) is 0 Å². The van der Waals surface area contributed by atoms with E-state index in [1.54, 1.807) is 19.1 Å². The summed E-state index contributed by atoms with van der Waals surface area (Å²) in [7, 11) is 0. The molecule has 5 nitrogen and oxygen atoms in total. The van der Waals surface area contributed by atoms with Gasteiger partial charge in [0, 0.05) is 5.56 Å². The molecule has 0 aromatic heterocycles. The number of carbonyl (C=O) groups is 2. The lowest BCUT2D eigenvalue weighted by atomic mass is 9.99. The van der Waals surface area contributed by atoms with Gasteiger partial charge in [-0.1, -0.05) is 48.5 Å². The predicted octanol–water partition coefficient (Wildman–Crippen LogP) is 2.32. The van der Waals surface area contributed by atoms with Crippen LogP contribution < -0.4 is 5.32 Å². The van der Waals surface area contributed by atoms with Crippen LogP contribution in [0.3, 0.4) is 0 Å². The highest BCUT2D eigenvalue weighted by Crippen LogP contribution is 2.15. The molecule has 0 spiro atoms. The number of ether oxygens (including phenoxy) is 1. The summed E-state index contributed by atoms with van der Waals surface area (Å²) in [6.45, 7) is 2.93. The minimum atomic E-state index is -1.76. The fourth-order valence-electron chi connectivity index (χ4n) is 2.42. The highest BCUT2D eigenvalue weighted by atomic mass is 16.5. The third-order valence-electron chi connectivity index (χ3n) is 3.81. The molecule has 0 heterocycles. The fraction of sp³-hybridized carbons (Fsp3) is 0.300. The first-order valence-corrected chi connectivity index (χ1v) is 8.23. The molecule has 2 aromatic rings. The Kier molecular flexibility index (Phi) is 6.31. The van der Waals surface area contributed by atoms with Crippen LogP contribution in [0.5, 0.6) is 0 Å². The molecule has 0 unspecified atom stereocenters. The number of aliphatic hydroxyl groups is 1. The average Bonchev–Trinajstić information content (AvgIpc) is 2.61. The SMILES string of the molecule is CCOC(=O)[C@](C)(O)CNC(=O)c1ccccc1Cc1ccccc1. The second-order valence-electron chi connectivity index (χ2n) is 6.00. The predicted molar refractivity (Wildman–Crippen MR) is 95.3 cm³/mol. The van der Waals surface area contributed by atoms with E-state index in [2.05, 4.69) is 5.32 Å². The van der Waals surface area contributed by atoms with E-state index in [0.29, 0.717) is 12.0 Å². The van der Waals surface area contributed by atoms with Crippen molar-refractivity contribution in [2.24, 2.45) is 0 Å². The monoisotopic (exact) mass is 341 g/mol. The van der Waals surface area contributed by atoms with Crippen LogP contribution in [0.15, 0.2) is 54.6 Å². The Morgan fingerprint density at radius 3 is 2.40 bits per heavy atom. The molecule has 1 atom stereocenters. The maximum Gasteiger partial charge on any atom is 0.339 e. The molecule has 0 radical (unpaired) electrons. The van der Waals surface area contributed by atoms with Crippen molar-refractivity contribution in [1.82, 2.24) is 5.32 Å². The van der Waals surface area contributed by atoms with Gasteiger partial charge in [0.1, 0.15) is 0 Å². The normalized spacial score (nSPS) is 12.9. The fourth-order valence-corrected chi connectivity index (χ4v) is 2.42. The number of benzene rings is 2. The van der Waals surface area contributed by atoms with Gasteiger partial charge >= 0.3 is 5.97 Å². The maximum atomic E-state index is 12.5. The van der Waals surface area contributed by atoms with Crippen LogP contribution in [-0.4, -0.2) is 35.7 Å². The molecule has 0 bridgehead atoms. The van der Waals surface area contributed by atoms with Crippen LogP contribution in [0, 0.1) is 0 Å². The second-order valence-corrected chi connectivity index (χ2v) is 6.00. The lowest BCUT2D eigenvalue weighted by Gasteiger charge is -2.21. The van der Waals surface area contributed by atoms with Crippen molar-refractivity contribution in [3.05, 3.63) is 71.3 Å². The van der Waals surface area contributed by atoms with Crippen molar-refractivity contribution < 1.29 is 19.4 Å². The van der Waals surface area contributed by atoms with Crippen LogP contribution in [0.2, 0.25) is 0 Å². The minimum absolute atomic E-state index is 0.169. The number of hydrogen-bond donors (Lipinski definition) is 2. The number of nitrogens with one attached hydrogen (secondary N) is 1. The highest BCUT2D eigenvalue weighted by molar-refractivity contribution is 5.96. The number of rotatable bonds is 7. The first kappa shape index (κ1) is 18.7. The summed E-state index contributed by atoms with van der Waals surface area (Å²) in [4.78, 5) is 24.2. The molecule has 0 fully saturated rings. The van der Waals surface area contributed by atoms with Crippen molar-refractivity contribution in [2.45, 2.75) is 25.9 Å². The summed E-state index contributed by atoms with van der Waals surface area (Å²) in [6.07, 6.45) is 0.624. The molecule has 2 N–H and O–H groups in total. The maximum absolute atomic E-state index is 12.5. The van der Waals surface area contributed by atoms with Gasteiger partial charge in [-0.2, -0.15) is 0 Å². The van der Waals surface area contributed by atoms with Crippen LogP contribution >= 0.6 is 0 Å². The molecule has 0 aliphatic rings. The van der Waals surface area contributed by atoms with E-state index < -0.39 is 11.6 Å². The Balaban J connectivity index is 2.08. The topological polar surface area (TPSA) is 75.6 Å². The molecule has 2 rings (SSSR count). The molecule has 0 saturated carbocycles. The quantitative estimate of drug-likeness (QED) is 0.758. The van der Waals surface area contributed by atoms with Gasteiger partial charge in [-0.3, -0.25) is 4.79 Å². The van der Waals surface area contributed by atoms with Crippen molar-refractivity contribution in [3.63, 3.8) is 0 Å². The number of carbonyl (C=O) groups excluding carboxylic acids is 2. The van der Waals surface area contributed by atoms with Crippen LogP contribution in [0.4, 0.5) is 0 Å². The van der Waals surface area contributed by atoms with E-state index in [-0.39, 0.29) is 19.1 Å². The van der Waals surface area contributed by atoms with Crippen LogP contribution in [0.25, 0.3) is 0 Å². The number of amides is 1. The molecule has 1 amide bonds. The summed E-state index contributed by atoms with van der Waals surface area (Å²) in [5.74, 6) is -1.09. The second kappa shape index (κ2) is 8.44. The zero-order chi connectivity index (χ0) is 18.3. The summed E-state index contributed by atoms with van der Waals surface area (Å²) in [5.41, 5.74) is 0.731. The highest BCUT2D eigenvalue weighted by Gasteiger charge is 2.32. The molecule has 0 aliphatic heterocycles. The van der Waals surface area contributed by atoms with E-state index >= 15 is 0 Å². The Bertz CT molecular complexity index is 725. The molecule has 5 heteroatoms. The Morgan fingerprint density at radius 1 is 1.08 bits per heavy atom. The van der Waals surface area contributed by atoms with Gasteiger partial charge in [-0.25, -0.2) is 4.79 Å². The third kappa shape index (κ3) is 5.16. The van der Waals surface area contributed by atoms with Crippen molar-refractivity contribution in [2.75, 3.05) is 13.2 Å². The molecular formula is C20H23NO4. The van der Waals surface area contributed by atoms with E-state index in [1.165, 1.54) is 6.92 Å². The molecule has 0 saturated heterocycles. The zero-order valence-corrected chi connectivity index (χ0v) is 14.5. The largest absolute Gasteiger partial charge is 0.464 e. The number of esters is 1. The summed E-state index contributed by atoms with van der Waals surface area (Å²) in [6, 6.07) is 17.1. The summed E-state index contributed by atoms with van der Waals surface area (Å²) in [5, 5.41) is 12.7. The molecular weight excluding hydrogens is 318 g/mol. The minimum Gasteiger partial charge on any atom is -0.464 e. The van der Waals surface area contributed by atoms with Gasteiger partial charge in [0.15, 0.2) is 5.60 Å². The molecule has 25 heavy (non-hydrogen) atoms. The van der Waals surface area contributed by atoms with Crippen LogP contribution in [0.1, 0.15) is 35.3 Å². The average molecular weight is 341 g/mol. The van der Waals surface area contributed by atoms with Gasteiger partial charge in [0.05, 0.1) is 13.2 Å². The molecule has 2 aromatic carbocycles. The Hall–Kier alpha value is -2.66. The number of hydrogen-bond acceptors (Lipinski definition) is 4. The van der Waals surface area contributed by atoms with E-state index in [4.69, 9.17) is 4.74 Å². The first-order valence-electron chi connectivity index (χ1n) is 8.23. The van der Waals surface area contributed by atoms with Gasteiger partial charge in [-0.15, -0.1) is 0 Å². The smallest absolute Gasteiger partial charge is 0.339 e. The third-order valence-corrected chi connectivity index (χ3v) is 3.81. The van der Waals surface area contributed by atoms with Gasteiger partial charge in [0.25, 0.3) is 5.91 Å². The lowest BCUT2D eigenvalue weighted by molar-refractivity contribution is -0.162. The standard InChI is InChI=1S/C20H23NO4/c1-3-25-19(23)20(2,24)14-21-18(22)17-12-8-7-11-16(17)13-15-9-5-4-6-10-15/h4-12,24H,3,13-14H2,1-2H3,(H,21,22)/t20-/m1/s1. The zero-order valence-electron chi connectivity index (χ0n) is 14.5. The Labute approximate surface area is 147 Å². The Morgan fingerprint density at radius 2 is 1.72 bits per heavy atom. The van der Waals surface area contributed by atoms with E-state index in [1.807, 2.05) is 42.5 Å². The first-order chi connectivity index (χ1) is 11.9. The van der Waals surface area contributed by atoms with Gasteiger partial charge in [-0.05, 0) is 37.5 Å². The van der Waals surface area contributed by atoms with Crippen LogP contribution in [-0.2, 0) is 16.0 Å². The van der Waals surface area contributed by atoms with Gasteiger partial charge < -0.3 is 15.2 Å². The van der Waals surface area contributed by atoms with E-state index in [0.717, 1.165) is 11.1 Å². The molecule has 0 aliphatic carbocycles. The summed E-state index contributed by atoms with van der Waals surface area (Å²) >= 11 is 0. The van der Waals surface area contributed by atoms with E-state index in [9.17, 15) is 14.7 Å². The summed E-state index contributed by atoms with van der Waals surface area (Å²) < 4.78 is 4.81.